The number of hydrogen-bond acceptors (Lipinski definition) is 5. The second-order valence-electron chi connectivity index (χ2n) is 6.04. The highest BCUT2D eigenvalue weighted by molar-refractivity contribution is 7.90. The summed E-state index contributed by atoms with van der Waals surface area (Å²) in [6.07, 6.45) is 9.40. The summed E-state index contributed by atoms with van der Waals surface area (Å²) < 4.78 is 25.1. The fraction of sp³-hybridized carbons (Fsp3) is 0.615. The van der Waals surface area contributed by atoms with Crippen LogP contribution in [0.2, 0.25) is 0 Å². The summed E-state index contributed by atoms with van der Waals surface area (Å²) in [6, 6.07) is 0.369. The highest BCUT2D eigenvalue weighted by atomic mass is 32.2. The highest BCUT2D eigenvalue weighted by Gasteiger charge is 2.41. The van der Waals surface area contributed by atoms with E-state index < -0.39 is 9.84 Å². The topological polar surface area (TPSA) is 77.7 Å². The molecule has 2 aliphatic carbocycles. The van der Waals surface area contributed by atoms with Gasteiger partial charge in [0.2, 0.25) is 15.0 Å². The van der Waals surface area contributed by atoms with Gasteiger partial charge in [-0.3, -0.25) is 0 Å². The van der Waals surface area contributed by atoms with E-state index in [2.05, 4.69) is 15.1 Å². The van der Waals surface area contributed by atoms with Crippen molar-refractivity contribution in [1.29, 1.82) is 0 Å². The van der Waals surface area contributed by atoms with E-state index in [0.717, 1.165) is 24.0 Å². The van der Waals surface area contributed by atoms with Crippen molar-refractivity contribution in [2.24, 2.45) is 11.8 Å². The van der Waals surface area contributed by atoms with E-state index in [0.29, 0.717) is 17.6 Å². The number of hydrogen-bond donors (Lipinski definition) is 0. The van der Waals surface area contributed by atoms with E-state index in [9.17, 15) is 8.42 Å². The average molecular weight is 292 g/mol. The van der Waals surface area contributed by atoms with Gasteiger partial charge in [-0.2, -0.15) is 10.1 Å². The molecule has 0 aliphatic heterocycles. The van der Waals surface area contributed by atoms with Gasteiger partial charge in [0.15, 0.2) is 5.65 Å². The van der Waals surface area contributed by atoms with Crippen molar-refractivity contribution in [3.05, 3.63) is 12.4 Å². The van der Waals surface area contributed by atoms with E-state index in [1.54, 1.807) is 12.4 Å². The van der Waals surface area contributed by atoms with Gasteiger partial charge in [0, 0.05) is 12.5 Å². The predicted octanol–water partition coefficient (Wildman–Crippen LogP) is 1.59. The van der Waals surface area contributed by atoms with Gasteiger partial charge in [0.05, 0.1) is 17.6 Å². The van der Waals surface area contributed by atoms with Crippen LogP contribution in [0.15, 0.2) is 17.6 Å². The van der Waals surface area contributed by atoms with Crippen molar-refractivity contribution in [3.8, 4) is 0 Å². The molecule has 0 unspecified atom stereocenters. The molecule has 7 heteroatoms. The third-order valence-electron chi connectivity index (χ3n) is 4.66. The molecule has 2 heterocycles. The minimum atomic E-state index is -3.39. The quantitative estimate of drug-likeness (QED) is 0.785. The predicted molar refractivity (Wildman–Crippen MR) is 72.9 cm³/mol. The third kappa shape index (κ3) is 1.76. The normalized spacial score (nSPS) is 29.4. The van der Waals surface area contributed by atoms with Crippen LogP contribution in [0.4, 0.5) is 0 Å². The standard InChI is InChI=1S/C13H16N4O2S/c1-20(18,19)13-14-6-10-7-15-17(12(10)16-13)11-5-8-2-3-9(11)4-8/h6-9,11H,2-5H2,1H3/t8-,9+,11+/m1/s1. The maximum absolute atomic E-state index is 11.6. The molecule has 2 aromatic heterocycles. The van der Waals surface area contributed by atoms with E-state index in [1.807, 2.05) is 4.68 Å². The molecule has 4 rings (SSSR count). The first-order valence-corrected chi connectivity index (χ1v) is 8.82. The van der Waals surface area contributed by atoms with E-state index >= 15 is 0 Å². The van der Waals surface area contributed by atoms with E-state index in [1.165, 1.54) is 19.3 Å². The largest absolute Gasteiger partial charge is 0.248 e. The zero-order chi connectivity index (χ0) is 13.9. The Labute approximate surface area is 117 Å². The summed E-state index contributed by atoms with van der Waals surface area (Å²) in [5.74, 6) is 1.47. The third-order valence-corrected chi connectivity index (χ3v) is 5.52. The Morgan fingerprint density at radius 2 is 2.10 bits per heavy atom. The fourth-order valence-electron chi connectivity index (χ4n) is 3.75. The molecule has 20 heavy (non-hydrogen) atoms. The Morgan fingerprint density at radius 1 is 1.25 bits per heavy atom. The smallest absolute Gasteiger partial charge is 0.244 e. The lowest BCUT2D eigenvalue weighted by atomic mass is 9.95. The zero-order valence-electron chi connectivity index (χ0n) is 11.2. The highest BCUT2D eigenvalue weighted by Crippen LogP contribution is 2.50. The van der Waals surface area contributed by atoms with Crippen LogP contribution in [0.25, 0.3) is 11.0 Å². The number of sulfone groups is 1. The number of aromatic nitrogens is 4. The zero-order valence-corrected chi connectivity index (χ0v) is 12.0. The van der Waals surface area contributed by atoms with Gasteiger partial charge in [-0.15, -0.1) is 0 Å². The molecule has 3 atom stereocenters. The molecule has 2 bridgehead atoms. The van der Waals surface area contributed by atoms with Crippen LogP contribution in [-0.2, 0) is 9.84 Å². The van der Waals surface area contributed by atoms with Crippen molar-refractivity contribution in [2.45, 2.75) is 36.9 Å². The van der Waals surface area contributed by atoms with Crippen LogP contribution in [0.1, 0.15) is 31.7 Å². The molecule has 0 radical (unpaired) electrons. The van der Waals surface area contributed by atoms with Crippen LogP contribution in [0.5, 0.6) is 0 Å². The molecule has 0 spiro atoms. The Hall–Kier alpha value is -1.50. The van der Waals surface area contributed by atoms with Gasteiger partial charge in [-0.1, -0.05) is 6.42 Å². The SMILES string of the molecule is CS(=O)(=O)c1ncc2cnn([C@H]3C[C@@H]4CC[C@H]3C4)c2n1. The minimum absolute atomic E-state index is 0.116. The first kappa shape index (κ1) is 12.3. The second kappa shape index (κ2) is 4.00. The first-order chi connectivity index (χ1) is 9.52. The summed E-state index contributed by atoms with van der Waals surface area (Å²) >= 11 is 0. The summed E-state index contributed by atoms with van der Waals surface area (Å²) in [7, 11) is -3.39. The van der Waals surface area contributed by atoms with Crippen molar-refractivity contribution < 1.29 is 8.42 Å². The summed E-state index contributed by atoms with van der Waals surface area (Å²) in [5, 5.41) is 5.13. The molecule has 2 aromatic rings. The number of fused-ring (bicyclic) bond motifs is 3. The Kier molecular flexibility index (Phi) is 2.45. The lowest BCUT2D eigenvalue weighted by Crippen LogP contribution is -2.18. The molecular formula is C13H16N4O2S. The summed E-state index contributed by atoms with van der Waals surface area (Å²) in [4.78, 5) is 8.15. The molecule has 2 aliphatic rings. The van der Waals surface area contributed by atoms with E-state index in [4.69, 9.17) is 0 Å². The maximum atomic E-state index is 11.6. The Morgan fingerprint density at radius 3 is 2.75 bits per heavy atom. The van der Waals surface area contributed by atoms with Gasteiger partial charge in [0.1, 0.15) is 0 Å². The molecule has 6 nitrogen and oxygen atoms in total. The monoisotopic (exact) mass is 292 g/mol. The molecule has 0 amide bonds. The Bertz CT molecular complexity index is 783. The molecule has 2 saturated carbocycles. The summed E-state index contributed by atoms with van der Waals surface area (Å²) in [5.41, 5.74) is 0.651. The van der Waals surface area contributed by atoms with Gasteiger partial charge in [0.25, 0.3) is 0 Å². The molecule has 2 fully saturated rings. The van der Waals surface area contributed by atoms with Crippen molar-refractivity contribution in [3.63, 3.8) is 0 Å². The lowest BCUT2D eigenvalue weighted by molar-refractivity contribution is 0.312. The van der Waals surface area contributed by atoms with Crippen LogP contribution < -0.4 is 0 Å². The first-order valence-electron chi connectivity index (χ1n) is 6.92. The maximum Gasteiger partial charge on any atom is 0.248 e. The Balaban J connectivity index is 1.84. The van der Waals surface area contributed by atoms with Gasteiger partial charge in [-0.25, -0.2) is 18.1 Å². The fourth-order valence-corrected chi connectivity index (χ4v) is 4.25. The van der Waals surface area contributed by atoms with Crippen LogP contribution in [0, 0.1) is 11.8 Å². The number of nitrogens with zero attached hydrogens (tertiary/aromatic N) is 4. The van der Waals surface area contributed by atoms with Crippen LogP contribution in [0.3, 0.4) is 0 Å². The van der Waals surface area contributed by atoms with Crippen LogP contribution >= 0.6 is 0 Å². The van der Waals surface area contributed by atoms with Crippen molar-refractivity contribution in [2.75, 3.05) is 6.26 Å². The molecule has 0 saturated heterocycles. The molecule has 0 aromatic carbocycles. The van der Waals surface area contributed by atoms with E-state index in [-0.39, 0.29) is 5.16 Å². The lowest BCUT2D eigenvalue weighted by Gasteiger charge is -2.22. The second-order valence-corrected chi connectivity index (χ2v) is 7.94. The summed E-state index contributed by atoms with van der Waals surface area (Å²) in [6.45, 7) is 0. The van der Waals surface area contributed by atoms with Crippen molar-refractivity contribution >= 4 is 20.9 Å². The van der Waals surface area contributed by atoms with Crippen molar-refractivity contribution in [1.82, 2.24) is 19.7 Å². The van der Waals surface area contributed by atoms with Crippen LogP contribution in [-0.4, -0.2) is 34.4 Å². The van der Waals surface area contributed by atoms with Gasteiger partial charge in [-0.05, 0) is 31.1 Å². The van der Waals surface area contributed by atoms with Gasteiger partial charge < -0.3 is 0 Å². The minimum Gasteiger partial charge on any atom is -0.244 e. The molecule has 0 N–H and O–H groups in total. The van der Waals surface area contributed by atoms with Gasteiger partial charge >= 0.3 is 0 Å². The number of rotatable bonds is 2. The average Bonchev–Trinajstić information content (AvgIpc) is 3.11. The molecular weight excluding hydrogens is 276 g/mol. The molecule has 106 valence electrons.